The van der Waals surface area contributed by atoms with Crippen molar-refractivity contribution in [3.63, 3.8) is 0 Å². The average Bonchev–Trinajstić information content (AvgIpc) is 2.62. The van der Waals surface area contributed by atoms with Gasteiger partial charge in [-0.25, -0.2) is 0 Å². The first-order valence-electron chi connectivity index (χ1n) is 8.02. The molecule has 128 valence electrons. The van der Waals surface area contributed by atoms with E-state index in [9.17, 15) is 13.2 Å². The lowest BCUT2D eigenvalue weighted by Crippen LogP contribution is -2.22. The van der Waals surface area contributed by atoms with E-state index >= 15 is 0 Å². The summed E-state index contributed by atoms with van der Waals surface area (Å²) in [4.78, 5) is 2.07. The maximum atomic E-state index is 12.8. The lowest BCUT2D eigenvalue weighted by atomic mass is 10.1. The molecular weight excluding hydrogens is 323 g/mol. The van der Waals surface area contributed by atoms with Crippen molar-refractivity contribution in [3.05, 3.63) is 102 Å². The zero-order valence-corrected chi connectivity index (χ0v) is 13.6. The Hall–Kier alpha value is -2.75. The molecule has 0 unspecified atom stereocenters. The minimum Gasteiger partial charge on any atom is -0.363 e. The van der Waals surface area contributed by atoms with Crippen LogP contribution in [0.15, 0.2) is 84.9 Å². The highest BCUT2D eigenvalue weighted by molar-refractivity contribution is 5.49. The van der Waals surface area contributed by atoms with Crippen LogP contribution in [0.3, 0.4) is 0 Å². The van der Waals surface area contributed by atoms with Gasteiger partial charge in [0.1, 0.15) is 0 Å². The van der Waals surface area contributed by atoms with Gasteiger partial charge in [-0.1, -0.05) is 60.7 Å². The lowest BCUT2D eigenvalue weighted by Gasteiger charge is -2.25. The molecule has 0 radical (unpaired) electrons. The maximum Gasteiger partial charge on any atom is 0.416 e. The smallest absolute Gasteiger partial charge is 0.363 e. The molecule has 3 aromatic rings. The number of alkyl halides is 3. The fraction of sp³-hybridized carbons (Fsp3) is 0.143. The minimum absolute atomic E-state index is 0.626. The van der Waals surface area contributed by atoms with Gasteiger partial charge in [-0.05, 0) is 35.4 Å². The molecule has 0 amide bonds. The van der Waals surface area contributed by atoms with Crippen molar-refractivity contribution in [2.24, 2.45) is 0 Å². The van der Waals surface area contributed by atoms with Crippen molar-refractivity contribution < 1.29 is 13.2 Å². The third-order valence-corrected chi connectivity index (χ3v) is 3.99. The second-order valence-corrected chi connectivity index (χ2v) is 5.87. The zero-order valence-electron chi connectivity index (χ0n) is 13.6. The Morgan fingerprint density at radius 2 is 1.04 bits per heavy atom. The molecule has 0 atom stereocenters. The number of benzene rings is 3. The zero-order chi connectivity index (χ0) is 17.7. The summed E-state index contributed by atoms with van der Waals surface area (Å²) in [7, 11) is 0. The Labute approximate surface area is 145 Å². The van der Waals surface area contributed by atoms with Crippen molar-refractivity contribution in [2.45, 2.75) is 19.3 Å². The van der Waals surface area contributed by atoms with E-state index in [0.717, 1.165) is 28.9 Å². The highest BCUT2D eigenvalue weighted by Gasteiger charge is 2.30. The van der Waals surface area contributed by atoms with Crippen LogP contribution in [0.5, 0.6) is 0 Å². The summed E-state index contributed by atoms with van der Waals surface area (Å²) in [6.07, 6.45) is -4.32. The summed E-state index contributed by atoms with van der Waals surface area (Å²) in [5.41, 5.74) is 2.35. The molecule has 1 nitrogen and oxygen atoms in total. The molecule has 0 aromatic heterocycles. The third kappa shape index (κ3) is 4.63. The SMILES string of the molecule is FC(F)(F)c1ccc(N(Cc2ccccc2)Cc2ccccc2)cc1. The van der Waals surface area contributed by atoms with E-state index < -0.39 is 11.7 Å². The highest BCUT2D eigenvalue weighted by Crippen LogP contribution is 2.31. The summed E-state index contributed by atoms with van der Waals surface area (Å²) < 4.78 is 38.4. The Morgan fingerprint density at radius 1 is 0.600 bits per heavy atom. The van der Waals surface area contributed by atoms with E-state index in [1.165, 1.54) is 12.1 Å². The molecule has 0 N–H and O–H groups in total. The van der Waals surface area contributed by atoms with Gasteiger partial charge in [0, 0.05) is 18.8 Å². The topological polar surface area (TPSA) is 3.24 Å². The summed E-state index contributed by atoms with van der Waals surface area (Å²) in [5.74, 6) is 0. The Kier molecular flexibility index (Phi) is 5.08. The van der Waals surface area contributed by atoms with Gasteiger partial charge in [0.2, 0.25) is 0 Å². The predicted octanol–water partition coefficient (Wildman–Crippen LogP) is 5.91. The normalized spacial score (nSPS) is 11.3. The van der Waals surface area contributed by atoms with E-state index in [2.05, 4.69) is 4.90 Å². The molecule has 25 heavy (non-hydrogen) atoms. The molecule has 0 fully saturated rings. The summed E-state index contributed by atoms with van der Waals surface area (Å²) >= 11 is 0. The van der Waals surface area contributed by atoms with Crippen LogP contribution >= 0.6 is 0 Å². The number of hydrogen-bond acceptors (Lipinski definition) is 1. The van der Waals surface area contributed by atoms with Gasteiger partial charge in [0.25, 0.3) is 0 Å². The van der Waals surface area contributed by atoms with Gasteiger partial charge in [-0.15, -0.1) is 0 Å². The summed E-state index contributed by atoms with van der Waals surface area (Å²) in [5, 5.41) is 0. The van der Waals surface area contributed by atoms with Crippen LogP contribution in [0.4, 0.5) is 18.9 Å². The molecule has 0 heterocycles. The first kappa shape index (κ1) is 17.1. The van der Waals surface area contributed by atoms with Crippen molar-refractivity contribution in [1.82, 2.24) is 0 Å². The second-order valence-electron chi connectivity index (χ2n) is 5.87. The average molecular weight is 341 g/mol. The van der Waals surface area contributed by atoms with Crippen LogP contribution in [0, 0.1) is 0 Å². The van der Waals surface area contributed by atoms with E-state index in [-0.39, 0.29) is 0 Å². The van der Waals surface area contributed by atoms with Gasteiger partial charge < -0.3 is 4.90 Å². The molecule has 0 aliphatic rings. The van der Waals surface area contributed by atoms with Crippen LogP contribution in [-0.2, 0) is 19.3 Å². The predicted molar refractivity (Wildman–Crippen MR) is 94.2 cm³/mol. The number of hydrogen-bond donors (Lipinski definition) is 0. The van der Waals surface area contributed by atoms with Gasteiger partial charge >= 0.3 is 6.18 Å². The maximum absolute atomic E-state index is 12.8. The molecule has 0 saturated carbocycles. The van der Waals surface area contributed by atoms with Crippen LogP contribution in [0.25, 0.3) is 0 Å². The molecule has 0 aliphatic heterocycles. The van der Waals surface area contributed by atoms with Crippen molar-refractivity contribution in [1.29, 1.82) is 0 Å². The molecular formula is C21H18F3N. The van der Waals surface area contributed by atoms with Gasteiger partial charge in [0.05, 0.1) is 5.56 Å². The lowest BCUT2D eigenvalue weighted by molar-refractivity contribution is -0.137. The summed E-state index contributed by atoms with van der Waals surface area (Å²) in [6, 6.07) is 25.2. The van der Waals surface area contributed by atoms with Crippen LogP contribution in [0.2, 0.25) is 0 Å². The fourth-order valence-corrected chi connectivity index (χ4v) is 2.71. The first-order chi connectivity index (χ1) is 12.0. The quantitative estimate of drug-likeness (QED) is 0.557. The molecule has 3 rings (SSSR count). The molecule has 4 heteroatoms. The van der Waals surface area contributed by atoms with Crippen LogP contribution in [-0.4, -0.2) is 0 Å². The van der Waals surface area contributed by atoms with Crippen molar-refractivity contribution >= 4 is 5.69 Å². The van der Waals surface area contributed by atoms with E-state index in [1.54, 1.807) is 0 Å². The van der Waals surface area contributed by atoms with Crippen LogP contribution in [0.1, 0.15) is 16.7 Å². The molecule has 0 saturated heterocycles. The van der Waals surface area contributed by atoms with E-state index in [4.69, 9.17) is 0 Å². The van der Waals surface area contributed by atoms with Crippen molar-refractivity contribution in [2.75, 3.05) is 4.90 Å². The van der Waals surface area contributed by atoms with Crippen LogP contribution < -0.4 is 4.90 Å². The number of rotatable bonds is 5. The molecule has 0 bridgehead atoms. The highest BCUT2D eigenvalue weighted by atomic mass is 19.4. The Balaban J connectivity index is 1.87. The van der Waals surface area contributed by atoms with Gasteiger partial charge in [-0.2, -0.15) is 13.2 Å². The van der Waals surface area contributed by atoms with Gasteiger partial charge in [-0.3, -0.25) is 0 Å². The number of nitrogens with zero attached hydrogens (tertiary/aromatic N) is 1. The van der Waals surface area contributed by atoms with Crippen molar-refractivity contribution in [3.8, 4) is 0 Å². The molecule has 3 aromatic carbocycles. The first-order valence-corrected chi connectivity index (χ1v) is 8.02. The summed E-state index contributed by atoms with van der Waals surface area (Å²) in [6.45, 7) is 1.25. The Morgan fingerprint density at radius 3 is 1.44 bits per heavy atom. The fourth-order valence-electron chi connectivity index (χ4n) is 2.71. The standard InChI is InChI=1S/C21H18F3N/c22-21(23,24)19-11-13-20(14-12-19)25(15-17-7-3-1-4-8-17)16-18-9-5-2-6-10-18/h1-14H,15-16H2. The minimum atomic E-state index is -4.32. The third-order valence-electron chi connectivity index (χ3n) is 3.99. The van der Waals surface area contributed by atoms with E-state index in [1.807, 2.05) is 60.7 Å². The Bertz CT molecular complexity index is 739. The van der Waals surface area contributed by atoms with E-state index in [0.29, 0.717) is 13.1 Å². The number of halogens is 3. The number of anilines is 1. The monoisotopic (exact) mass is 341 g/mol. The molecule has 0 spiro atoms. The van der Waals surface area contributed by atoms with Gasteiger partial charge in [0.15, 0.2) is 0 Å². The molecule has 0 aliphatic carbocycles. The second kappa shape index (κ2) is 7.43. The largest absolute Gasteiger partial charge is 0.416 e.